The molecule has 8 heteroatoms. The molecule has 0 bridgehead atoms. The van der Waals surface area contributed by atoms with Gasteiger partial charge in [0.05, 0.1) is 18.7 Å². The van der Waals surface area contributed by atoms with Crippen LogP contribution in [0.15, 0.2) is 78.4 Å². The van der Waals surface area contributed by atoms with Crippen molar-refractivity contribution in [2.45, 2.75) is 13.0 Å². The third-order valence-corrected chi connectivity index (χ3v) is 5.48. The van der Waals surface area contributed by atoms with Crippen LogP contribution in [0, 0.1) is 0 Å². The summed E-state index contributed by atoms with van der Waals surface area (Å²) in [6.07, 6.45) is 0. The number of amides is 2. The monoisotopic (exact) mass is 458 g/mol. The van der Waals surface area contributed by atoms with Gasteiger partial charge in [0.25, 0.3) is 11.7 Å². The minimum absolute atomic E-state index is 0.0881. The van der Waals surface area contributed by atoms with Crippen molar-refractivity contribution in [2.24, 2.45) is 0 Å². The molecule has 8 nitrogen and oxygen atoms in total. The summed E-state index contributed by atoms with van der Waals surface area (Å²) in [5, 5.41) is 23.8. The van der Waals surface area contributed by atoms with Crippen LogP contribution < -0.4 is 15.0 Å². The first-order valence-corrected chi connectivity index (χ1v) is 10.4. The van der Waals surface area contributed by atoms with Crippen molar-refractivity contribution >= 4 is 34.7 Å². The van der Waals surface area contributed by atoms with E-state index >= 15 is 0 Å². The zero-order valence-corrected chi connectivity index (χ0v) is 18.5. The number of ketones is 1. The zero-order valence-electron chi connectivity index (χ0n) is 18.5. The molecular weight excluding hydrogens is 436 g/mol. The maximum absolute atomic E-state index is 13.2. The zero-order chi connectivity index (χ0) is 24.4. The number of carbonyl (C=O) groups excluding carboxylic acids is 3. The van der Waals surface area contributed by atoms with E-state index in [0.29, 0.717) is 22.5 Å². The average molecular weight is 458 g/mol. The number of rotatable bonds is 5. The molecule has 1 atom stereocenters. The van der Waals surface area contributed by atoms with E-state index in [2.05, 4.69) is 5.32 Å². The molecule has 4 rings (SSSR count). The third-order valence-electron chi connectivity index (χ3n) is 5.48. The van der Waals surface area contributed by atoms with Crippen molar-refractivity contribution in [1.82, 2.24) is 0 Å². The highest BCUT2D eigenvalue weighted by Gasteiger charge is 2.47. The fourth-order valence-corrected chi connectivity index (χ4v) is 3.94. The standard InChI is InChI=1S/C26H22N2O6/c1-15(29)27-18-9-11-19(12-10-18)28-23(17-8-13-20(30)21(14-17)34-2)22(25(32)26(28)33)24(31)16-6-4-3-5-7-16/h3-14,23,30-31H,1-2H3,(H,27,29)/b24-22+/t23-/m0/s1. The second kappa shape index (κ2) is 9.11. The molecule has 0 aliphatic carbocycles. The van der Waals surface area contributed by atoms with Crippen molar-refractivity contribution in [1.29, 1.82) is 0 Å². The number of benzene rings is 3. The lowest BCUT2D eigenvalue weighted by molar-refractivity contribution is -0.132. The lowest BCUT2D eigenvalue weighted by Crippen LogP contribution is -2.29. The molecule has 3 N–H and O–H groups in total. The number of anilines is 2. The van der Waals surface area contributed by atoms with Gasteiger partial charge in [0.1, 0.15) is 5.76 Å². The number of hydrogen-bond donors (Lipinski definition) is 3. The van der Waals surface area contributed by atoms with Gasteiger partial charge in [0, 0.05) is 23.9 Å². The van der Waals surface area contributed by atoms with Crippen molar-refractivity contribution in [3.05, 3.63) is 89.5 Å². The van der Waals surface area contributed by atoms with Crippen molar-refractivity contribution in [3.8, 4) is 11.5 Å². The number of nitrogens with zero attached hydrogens (tertiary/aromatic N) is 1. The van der Waals surface area contributed by atoms with Gasteiger partial charge in [-0.1, -0.05) is 36.4 Å². The predicted octanol–water partition coefficient (Wildman–Crippen LogP) is 3.99. The van der Waals surface area contributed by atoms with E-state index in [1.165, 1.54) is 31.1 Å². The number of phenolic OH excluding ortho intramolecular Hbond substituents is 1. The second-order valence-electron chi connectivity index (χ2n) is 7.69. The van der Waals surface area contributed by atoms with Gasteiger partial charge in [-0.05, 0) is 42.0 Å². The van der Waals surface area contributed by atoms with Gasteiger partial charge in [0.2, 0.25) is 5.91 Å². The van der Waals surface area contributed by atoms with Gasteiger partial charge in [-0.25, -0.2) is 0 Å². The number of phenols is 1. The van der Waals surface area contributed by atoms with Gasteiger partial charge >= 0.3 is 0 Å². The summed E-state index contributed by atoms with van der Waals surface area (Å²) >= 11 is 0. The fraction of sp³-hybridized carbons (Fsp3) is 0.115. The molecule has 3 aromatic carbocycles. The molecule has 1 fully saturated rings. The van der Waals surface area contributed by atoms with E-state index in [-0.39, 0.29) is 28.7 Å². The van der Waals surface area contributed by atoms with Crippen molar-refractivity contribution in [3.63, 3.8) is 0 Å². The van der Waals surface area contributed by atoms with E-state index in [0.717, 1.165) is 0 Å². The maximum Gasteiger partial charge on any atom is 0.300 e. The van der Waals surface area contributed by atoms with Crippen molar-refractivity contribution in [2.75, 3.05) is 17.3 Å². The van der Waals surface area contributed by atoms with E-state index in [9.17, 15) is 24.6 Å². The molecular formula is C26H22N2O6. The second-order valence-corrected chi connectivity index (χ2v) is 7.69. The minimum atomic E-state index is -0.985. The SMILES string of the molecule is COc1cc([C@H]2/C(=C(\O)c3ccccc3)C(=O)C(=O)N2c2ccc(NC(C)=O)cc2)ccc1O. The fourth-order valence-electron chi connectivity index (χ4n) is 3.94. The molecule has 3 aromatic rings. The number of aliphatic hydroxyl groups is 1. The molecule has 172 valence electrons. The smallest absolute Gasteiger partial charge is 0.300 e. The largest absolute Gasteiger partial charge is 0.507 e. The van der Waals surface area contributed by atoms with Gasteiger partial charge in [-0.3, -0.25) is 19.3 Å². The van der Waals surface area contributed by atoms with Gasteiger partial charge in [0.15, 0.2) is 11.5 Å². The van der Waals surface area contributed by atoms with Crippen LogP contribution in [0.4, 0.5) is 11.4 Å². The summed E-state index contributed by atoms with van der Waals surface area (Å²) in [4.78, 5) is 39.0. The van der Waals surface area contributed by atoms with Crippen LogP contribution in [-0.2, 0) is 14.4 Å². The highest BCUT2D eigenvalue weighted by atomic mass is 16.5. The molecule has 0 unspecified atom stereocenters. The Morgan fingerprint density at radius 3 is 2.29 bits per heavy atom. The first kappa shape index (κ1) is 22.6. The van der Waals surface area contributed by atoms with Crippen LogP contribution in [0.2, 0.25) is 0 Å². The van der Waals surface area contributed by atoms with Crippen LogP contribution in [0.25, 0.3) is 5.76 Å². The number of carbonyl (C=O) groups is 3. The molecule has 1 aliphatic rings. The normalized spacial score (nSPS) is 17.0. The Balaban J connectivity index is 1.90. The summed E-state index contributed by atoms with van der Waals surface area (Å²) in [7, 11) is 1.39. The average Bonchev–Trinajstić information content (AvgIpc) is 3.10. The van der Waals surface area contributed by atoms with E-state index in [1.807, 2.05) is 0 Å². The number of ether oxygens (including phenoxy) is 1. The predicted molar refractivity (Wildman–Crippen MR) is 127 cm³/mol. The molecule has 2 amide bonds. The lowest BCUT2D eigenvalue weighted by Gasteiger charge is -2.26. The number of nitrogens with one attached hydrogen (secondary N) is 1. The Kier molecular flexibility index (Phi) is 6.05. The van der Waals surface area contributed by atoms with E-state index in [1.54, 1.807) is 60.7 Å². The topological polar surface area (TPSA) is 116 Å². The van der Waals surface area contributed by atoms with Gasteiger partial charge < -0.3 is 20.3 Å². The summed E-state index contributed by atoms with van der Waals surface area (Å²) in [6.45, 7) is 1.38. The quantitative estimate of drug-likeness (QED) is 0.303. The number of hydrogen-bond acceptors (Lipinski definition) is 6. The van der Waals surface area contributed by atoms with E-state index in [4.69, 9.17) is 4.74 Å². The Bertz CT molecular complexity index is 1300. The summed E-state index contributed by atoms with van der Waals surface area (Å²) in [5.74, 6) is -2.17. The van der Waals surface area contributed by atoms with Crippen LogP contribution in [0.3, 0.4) is 0 Å². The number of aliphatic hydroxyl groups excluding tert-OH is 1. The summed E-state index contributed by atoms with van der Waals surface area (Å²) in [5.41, 5.74) is 1.67. The maximum atomic E-state index is 13.2. The molecule has 1 saturated heterocycles. The molecule has 0 aromatic heterocycles. The first-order valence-electron chi connectivity index (χ1n) is 10.4. The molecule has 0 saturated carbocycles. The highest BCUT2D eigenvalue weighted by molar-refractivity contribution is 6.51. The molecule has 34 heavy (non-hydrogen) atoms. The highest BCUT2D eigenvalue weighted by Crippen LogP contribution is 2.44. The molecule has 0 spiro atoms. The Morgan fingerprint density at radius 2 is 1.68 bits per heavy atom. The van der Waals surface area contributed by atoms with Crippen molar-refractivity contribution < 1.29 is 29.3 Å². The minimum Gasteiger partial charge on any atom is -0.507 e. The Hall–Kier alpha value is -4.59. The molecule has 0 radical (unpaired) electrons. The number of aromatic hydroxyl groups is 1. The Labute approximate surface area is 195 Å². The molecule has 1 heterocycles. The lowest BCUT2D eigenvalue weighted by atomic mass is 9.94. The third kappa shape index (κ3) is 4.09. The number of Topliss-reactive ketones (excluding diaryl/α,β-unsaturated/α-hetero) is 1. The van der Waals surface area contributed by atoms with E-state index < -0.39 is 17.7 Å². The van der Waals surface area contributed by atoms with Crippen LogP contribution in [-0.4, -0.2) is 34.9 Å². The van der Waals surface area contributed by atoms with Crippen LogP contribution in [0.5, 0.6) is 11.5 Å². The summed E-state index contributed by atoms with van der Waals surface area (Å²) in [6, 6.07) is 18.4. The molecule has 1 aliphatic heterocycles. The van der Waals surface area contributed by atoms with Crippen LogP contribution >= 0.6 is 0 Å². The number of methoxy groups -OCH3 is 1. The first-order chi connectivity index (χ1) is 16.3. The Morgan fingerprint density at radius 1 is 1.00 bits per heavy atom. The summed E-state index contributed by atoms with van der Waals surface area (Å²) < 4.78 is 5.22. The van der Waals surface area contributed by atoms with Gasteiger partial charge in [-0.2, -0.15) is 0 Å². The van der Waals surface area contributed by atoms with Crippen LogP contribution in [0.1, 0.15) is 24.1 Å². The van der Waals surface area contributed by atoms with Gasteiger partial charge in [-0.15, -0.1) is 0 Å².